The second-order valence-electron chi connectivity index (χ2n) is 5.68. The Labute approximate surface area is 165 Å². The fourth-order valence-corrected chi connectivity index (χ4v) is 2.60. The normalized spacial score (nSPS) is 10.2. The lowest BCUT2D eigenvalue weighted by molar-refractivity contribution is -0.384. The summed E-state index contributed by atoms with van der Waals surface area (Å²) in [5, 5.41) is 13.7. The van der Waals surface area contributed by atoms with Crippen LogP contribution in [0.25, 0.3) is 0 Å². The number of halogens is 1. The van der Waals surface area contributed by atoms with Gasteiger partial charge in [0.05, 0.1) is 17.1 Å². The minimum atomic E-state index is -0.542. The van der Waals surface area contributed by atoms with E-state index in [1.807, 2.05) is 0 Å². The van der Waals surface area contributed by atoms with Crippen molar-refractivity contribution in [1.29, 1.82) is 0 Å². The molecule has 0 aliphatic heterocycles. The van der Waals surface area contributed by atoms with E-state index in [-0.39, 0.29) is 22.4 Å². The Kier molecular flexibility index (Phi) is 5.76. The Hall–Kier alpha value is -3.58. The predicted molar refractivity (Wildman–Crippen MR) is 106 cm³/mol. The molecule has 8 heteroatoms. The second-order valence-corrected chi connectivity index (χ2v) is 6.09. The van der Waals surface area contributed by atoms with Gasteiger partial charge in [0.15, 0.2) is 0 Å². The van der Waals surface area contributed by atoms with E-state index in [2.05, 4.69) is 5.32 Å². The van der Waals surface area contributed by atoms with Gasteiger partial charge in [-0.05, 0) is 48.5 Å². The molecule has 3 aromatic rings. The van der Waals surface area contributed by atoms with E-state index in [9.17, 15) is 14.9 Å². The van der Waals surface area contributed by atoms with Crippen LogP contribution in [-0.2, 0) is 0 Å². The van der Waals surface area contributed by atoms with Gasteiger partial charge in [-0.15, -0.1) is 0 Å². The van der Waals surface area contributed by atoms with E-state index in [1.165, 1.54) is 18.2 Å². The number of hydrogen-bond donors (Lipinski definition) is 1. The lowest BCUT2D eigenvalue weighted by Gasteiger charge is -2.10. The number of carbonyl (C=O) groups is 1. The van der Waals surface area contributed by atoms with E-state index in [1.54, 1.807) is 55.6 Å². The standard InChI is InChI=1S/C20H15ClN2O5/c1-27-16-8-5-14(6-9-16)22-20(24)13-3-2-4-17(11-13)28-19-10-7-15(23(25)26)12-18(19)21/h2-12H,1H3,(H,22,24). The number of benzene rings is 3. The molecule has 0 aliphatic carbocycles. The lowest BCUT2D eigenvalue weighted by atomic mass is 10.2. The SMILES string of the molecule is COc1ccc(NC(=O)c2cccc(Oc3ccc([N+](=O)[O-])cc3Cl)c2)cc1. The second kappa shape index (κ2) is 8.41. The summed E-state index contributed by atoms with van der Waals surface area (Å²) in [6.45, 7) is 0. The van der Waals surface area contributed by atoms with Crippen LogP contribution in [0.4, 0.5) is 11.4 Å². The number of nitrogens with one attached hydrogen (secondary N) is 1. The number of carbonyl (C=O) groups excluding carboxylic acids is 1. The van der Waals surface area contributed by atoms with Gasteiger partial charge in [0, 0.05) is 23.4 Å². The first-order valence-corrected chi connectivity index (χ1v) is 8.51. The van der Waals surface area contributed by atoms with Crippen LogP contribution < -0.4 is 14.8 Å². The minimum absolute atomic E-state index is 0.0993. The topological polar surface area (TPSA) is 90.7 Å². The summed E-state index contributed by atoms with van der Waals surface area (Å²) in [4.78, 5) is 22.7. The first-order valence-electron chi connectivity index (χ1n) is 8.13. The van der Waals surface area contributed by atoms with Crippen LogP contribution in [-0.4, -0.2) is 17.9 Å². The zero-order chi connectivity index (χ0) is 20.1. The largest absolute Gasteiger partial charge is 0.497 e. The number of nitro benzene ring substituents is 1. The van der Waals surface area contributed by atoms with Crippen molar-refractivity contribution in [3.8, 4) is 17.2 Å². The van der Waals surface area contributed by atoms with Gasteiger partial charge in [0.25, 0.3) is 11.6 Å². The monoisotopic (exact) mass is 398 g/mol. The molecule has 0 atom stereocenters. The van der Waals surface area contributed by atoms with Gasteiger partial charge in [0.1, 0.15) is 17.2 Å². The van der Waals surface area contributed by atoms with Crippen molar-refractivity contribution in [2.24, 2.45) is 0 Å². The Balaban J connectivity index is 1.74. The molecule has 0 spiro atoms. The van der Waals surface area contributed by atoms with Gasteiger partial charge < -0.3 is 14.8 Å². The zero-order valence-electron chi connectivity index (χ0n) is 14.7. The Bertz CT molecular complexity index is 1020. The number of amides is 1. The van der Waals surface area contributed by atoms with Crippen molar-refractivity contribution in [3.05, 3.63) is 87.4 Å². The third kappa shape index (κ3) is 4.57. The molecule has 0 radical (unpaired) electrons. The lowest BCUT2D eigenvalue weighted by Crippen LogP contribution is -2.11. The minimum Gasteiger partial charge on any atom is -0.497 e. The highest BCUT2D eigenvalue weighted by Crippen LogP contribution is 2.32. The maximum absolute atomic E-state index is 12.5. The highest BCUT2D eigenvalue weighted by molar-refractivity contribution is 6.32. The summed E-state index contributed by atoms with van der Waals surface area (Å²) < 4.78 is 10.7. The summed E-state index contributed by atoms with van der Waals surface area (Å²) in [6, 6.07) is 17.4. The fraction of sp³-hybridized carbons (Fsp3) is 0.0500. The van der Waals surface area contributed by atoms with Crippen LogP contribution in [0.2, 0.25) is 5.02 Å². The average Bonchev–Trinajstić information content (AvgIpc) is 2.70. The molecule has 0 fully saturated rings. The molecule has 7 nitrogen and oxygen atoms in total. The van der Waals surface area contributed by atoms with Crippen molar-refractivity contribution < 1.29 is 19.2 Å². The highest BCUT2D eigenvalue weighted by atomic mass is 35.5. The molecule has 0 aliphatic rings. The molecule has 28 heavy (non-hydrogen) atoms. The Morgan fingerprint density at radius 2 is 1.79 bits per heavy atom. The van der Waals surface area contributed by atoms with Crippen LogP contribution in [0.1, 0.15) is 10.4 Å². The van der Waals surface area contributed by atoms with Crippen molar-refractivity contribution in [2.45, 2.75) is 0 Å². The number of nitro groups is 1. The first-order chi connectivity index (χ1) is 13.5. The molecule has 142 valence electrons. The molecule has 0 bridgehead atoms. The number of methoxy groups -OCH3 is 1. The number of ether oxygens (including phenoxy) is 2. The van der Waals surface area contributed by atoms with Crippen LogP contribution in [0.15, 0.2) is 66.7 Å². The molecule has 1 amide bonds. The highest BCUT2D eigenvalue weighted by Gasteiger charge is 2.12. The number of nitrogens with zero attached hydrogens (tertiary/aromatic N) is 1. The van der Waals surface area contributed by atoms with Crippen LogP contribution in [0.5, 0.6) is 17.2 Å². The number of non-ortho nitro benzene ring substituents is 1. The molecular weight excluding hydrogens is 384 g/mol. The molecule has 0 aromatic heterocycles. The number of anilines is 1. The maximum atomic E-state index is 12.5. The van der Waals surface area contributed by atoms with Gasteiger partial charge in [-0.1, -0.05) is 17.7 Å². The quantitative estimate of drug-likeness (QED) is 0.449. The molecule has 0 unspecified atom stereocenters. The molecule has 0 saturated heterocycles. The predicted octanol–water partition coefficient (Wildman–Crippen LogP) is 5.30. The van der Waals surface area contributed by atoms with Crippen molar-refractivity contribution in [1.82, 2.24) is 0 Å². The smallest absolute Gasteiger partial charge is 0.271 e. The van der Waals surface area contributed by atoms with Crippen molar-refractivity contribution >= 4 is 28.9 Å². The summed E-state index contributed by atoms with van der Waals surface area (Å²) in [6.07, 6.45) is 0. The molecule has 3 rings (SSSR count). The van der Waals surface area contributed by atoms with E-state index in [0.29, 0.717) is 22.7 Å². The average molecular weight is 399 g/mol. The Morgan fingerprint density at radius 3 is 2.43 bits per heavy atom. The van der Waals surface area contributed by atoms with Crippen molar-refractivity contribution in [2.75, 3.05) is 12.4 Å². The van der Waals surface area contributed by atoms with Gasteiger partial charge in [-0.2, -0.15) is 0 Å². The number of rotatable bonds is 6. The first kappa shape index (κ1) is 19.2. The molecule has 3 aromatic carbocycles. The third-order valence-electron chi connectivity index (χ3n) is 3.80. The molecule has 0 saturated carbocycles. The third-order valence-corrected chi connectivity index (χ3v) is 4.09. The van der Waals surface area contributed by atoms with Gasteiger partial charge in [-0.25, -0.2) is 0 Å². The van der Waals surface area contributed by atoms with E-state index in [4.69, 9.17) is 21.1 Å². The van der Waals surface area contributed by atoms with E-state index < -0.39 is 4.92 Å². The summed E-state index contributed by atoms with van der Waals surface area (Å²) in [5.74, 6) is 0.997. The van der Waals surface area contributed by atoms with Gasteiger partial charge in [0.2, 0.25) is 0 Å². The summed E-state index contributed by atoms with van der Waals surface area (Å²) >= 11 is 6.04. The van der Waals surface area contributed by atoms with E-state index in [0.717, 1.165) is 0 Å². The van der Waals surface area contributed by atoms with Crippen molar-refractivity contribution in [3.63, 3.8) is 0 Å². The zero-order valence-corrected chi connectivity index (χ0v) is 15.5. The fourth-order valence-electron chi connectivity index (χ4n) is 2.39. The van der Waals surface area contributed by atoms with E-state index >= 15 is 0 Å². The summed E-state index contributed by atoms with van der Waals surface area (Å²) in [5.41, 5.74) is 0.867. The maximum Gasteiger partial charge on any atom is 0.271 e. The molecule has 0 heterocycles. The van der Waals surface area contributed by atoms with Crippen LogP contribution in [0.3, 0.4) is 0 Å². The number of hydrogen-bond acceptors (Lipinski definition) is 5. The van der Waals surface area contributed by atoms with Crippen LogP contribution >= 0.6 is 11.6 Å². The van der Waals surface area contributed by atoms with Gasteiger partial charge >= 0.3 is 0 Å². The summed E-state index contributed by atoms with van der Waals surface area (Å²) in [7, 11) is 1.57. The van der Waals surface area contributed by atoms with Crippen LogP contribution in [0, 0.1) is 10.1 Å². The Morgan fingerprint density at radius 1 is 1.04 bits per heavy atom. The van der Waals surface area contributed by atoms with Gasteiger partial charge in [-0.3, -0.25) is 14.9 Å². The molecule has 1 N–H and O–H groups in total. The molecular formula is C20H15ClN2O5.